The maximum atomic E-state index is 13.2. The summed E-state index contributed by atoms with van der Waals surface area (Å²) in [6, 6.07) is -0.0596. The Morgan fingerprint density at radius 3 is 2.80 bits per heavy atom. The first-order valence-corrected chi connectivity index (χ1v) is 12.4. The van der Waals surface area contributed by atoms with Crippen LogP contribution in [0.25, 0.3) is 0 Å². The number of nitrogens with one attached hydrogen (secondary N) is 1. The molecule has 2 fully saturated rings. The summed E-state index contributed by atoms with van der Waals surface area (Å²) < 4.78 is 24.2. The van der Waals surface area contributed by atoms with Crippen molar-refractivity contribution >= 4 is 50.4 Å². The zero-order valence-corrected chi connectivity index (χ0v) is 19.4. The van der Waals surface area contributed by atoms with Gasteiger partial charge < -0.3 is 5.32 Å². The van der Waals surface area contributed by atoms with Crippen LogP contribution in [-0.4, -0.2) is 47.7 Å². The zero-order valence-electron chi connectivity index (χ0n) is 17.1. The van der Waals surface area contributed by atoms with Crippen molar-refractivity contribution < 1.29 is 13.2 Å². The molecule has 8 nitrogen and oxygen atoms in total. The molecule has 1 aromatic heterocycles. The summed E-state index contributed by atoms with van der Waals surface area (Å²) in [4.78, 5) is 27.6. The second-order valence-electron chi connectivity index (χ2n) is 7.03. The van der Waals surface area contributed by atoms with Crippen molar-refractivity contribution in [2.45, 2.75) is 50.4 Å². The minimum Gasteiger partial charge on any atom is -0.333 e. The van der Waals surface area contributed by atoms with E-state index in [1.807, 2.05) is 13.8 Å². The molecular weight excluding hydrogens is 446 g/mol. The molecule has 162 valence electrons. The van der Waals surface area contributed by atoms with Crippen LogP contribution in [0.1, 0.15) is 38.6 Å². The molecule has 1 amide bonds. The Bertz CT molecular complexity index is 1050. The molecule has 1 saturated carbocycles. The van der Waals surface area contributed by atoms with E-state index in [0.29, 0.717) is 22.5 Å². The van der Waals surface area contributed by atoms with Crippen LogP contribution in [0.5, 0.6) is 0 Å². The van der Waals surface area contributed by atoms with Gasteiger partial charge in [0, 0.05) is 6.04 Å². The second kappa shape index (κ2) is 8.99. The molecule has 1 aliphatic carbocycles. The van der Waals surface area contributed by atoms with Crippen LogP contribution in [0.2, 0.25) is 0 Å². The van der Waals surface area contributed by atoms with Gasteiger partial charge in [-0.05, 0) is 32.6 Å². The van der Waals surface area contributed by atoms with Crippen LogP contribution < -0.4 is 5.32 Å². The average molecular weight is 470 g/mol. The fourth-order valence-corrected chi connectivity index (χ4v) is 5.38. The quantitative estimate of drug-likeness (QED) is 0.618. The number of allylic oxidation sites excluding steroid dienone is 1. The van der Waals surface area contributed by atoms with E-state index < -0.39 is 9.84 Å². The smallest absolute Gasteiger partial charge is 0.295 e. The molecule has 0 unspecified atom stereocenters. The number of rotatable bonds is 7. The lowest BCUT2D eigenvalue weighted by molar-refractivity contribution is -0.122. The number of piperazine rings is 1. The molecule has 30 heavy (non-hydrogen) atoms. The monoisotopic (exact) mass is 469 g/mol. The molecule has 1 N–H and O–H groups in total. The number of hydrogen-bond acceptors (Lipinski definition) is 7. The molecule has 1 saturated heterocycles. The van der Waals surface area contributed by atoms with Gasteiger partial charge in [-0.15, -0.1) is 11.3 Å². The molecule has 2 heterocycles. The van der Waals surface area contributed by atoms with Crippen molar-refractivity contribution in [3.63, 3.8) is 0 Å². The van der Waals surface area contributed by atoms with E-state index >= 15 is 0 Å². The maximum absolute atomic E-state index is 13.2. The number of carbonyl (C=O) groups is 1. The van der Waals surface area contributed by atoms with E-state index in [-0.39, 0.29) is 39.4 Å². The largest absolute Gasteiger partial charge is 0.333 e. The molecule has 11 heteroatoms. The van der Waals surface area contributed by atoms with Crippen LogP contribution in [0.4, 0.5) is 0 Å². The summed E-state index contributed by atoms with van der Waals surface area (Å²) in [5, 5.41) is 3.62. The number of hydrogen-bond donors (Lipinski definition) is 1. The Labute approximate surface area is 185 Å². The van der Waals surface area contributed by atoms with Crippen molar-refractivity contribution in [1.29, 1.82) is 0 Å². The zero-order chi connectivity index (χ0) is 22.1. The highest BCUT2D eigenvalue weighted by atomic mass is 35.5. The molecule has 0 spiro atoms. The van der Waals surface area contributed by atoms with Gasteiger partial charge in [-0.2, -0.15) is 0 Å². The topological polar surface area (TPSA) is 104 Å². The van der Waals surface area contributed by atoms with Gasteiger partial charge in [-0.3, -0.25) is 14.7 Å². The van der Waals surface area contributed by atoms with Gasteiger partial charge in [0.1, 0.15) is 14.4 Å². The number of aromatic nitrogens is 1. The predicted octanol–water partition coefficient (Wildman–Crippen LogP) is 3.08. The lowest BCUT2D eigenvalue weighted by Gasteiger charge is -2.36. The van der Waals surface area contributed by atoms with E-state index in [4.69, 9.17) is 11.6 Å². The summed E-state index contributed by atoms with van der Waals surface area (Å²) in [7, 11) is -3.31. The minimum absolute atomic E-state index is 0.00976. The van der Waals surface area contributed by atoms with Crippen LogP contribution in [-0.2, 0) is 21.2 Å². The highest BCUT2D eigenvalue weighted by Crippen LogP contribution is 2.36. The van der Waals surface area contributed by atoms with E-state index in [2.05, 4.69) is 26.9 Å². The molecule has 2 aliphatic rings. The standard InChI is InChI=1S/C19H24ClN5O3S2/c1-5-14-18(23-12(4)20)25(11(3)13-7-8-13)19(26)17(24-14)22-9-15-21-10-16(29-15)30(27,28)6-2/h5,10-11,13H,4,6-9H2,1-3H3,(H,22,24)/b14-5+,23-18?/t11-/m0/s1. The molecular formula is C19H24ClN5O3S2. The van der Waals surface area contributed by atoms with Gasteiger partial charge in [0.2, 0.25) is 0 Å². The minimum atomic E-state index is -3.31. The molecule has 1 atom stereocenters. The van der Waals surface area contributed by atoms with Crippen LogP contribution >= 0.6 is 22.9 Å². The number of halogens is 1. The number of nitrogens with zero attached hydrogens (tertiary/aromatic N) is 4. The number of sulfone groups is 1. The molecule has 0 bridgehead atoms. The first-order valence-electron chi connectivity index (χ1n) is 9.60. The number of amides is 1. The fourth-order valence-electron chi connectivity index (χ4n) is 3.08. The van der Waals surface area contributed by atoms with Gasteiger partial charge in [-0.25, -0.2) is 18.4 Å². The summed E-state index contributed by atoms with van der Waals surface area (Å²) in [6.45, 7) is 9.11. The van der Waals surface area contributed by atoms with Crippen molar-refractivity contribution in [2.75, 3.05) is 5.75 Å². The van der Waals surface area contributed by atoms with E-state index in [1.54, 1.807) is 17.9 Å². The molecule has 3 rings (SSSR count). The average Bonchev–Trinajstić information content (AvgIpc) is 3.44. The number of carbonyl (C=O) groups excluding carboxylic acids is 1. The summed E-state index contributed by atoms with van der Waals surface area (Å²) in [6.07, 6.45) is 5.24. The lowest BCUT2D eigenvalue weighted by Crippen LogP contribution is -2.57. The Morgan fingerprint density at radius 2 is 2.23 bits per heavy atom. The molecule has 0 radical (unpaired) electrons. The Balaban J connectivity index is 1.90. The second-order valence-corrected chi connectivity index (χ2v) is 11.1. The molecule has 1 aliphatic heterocycles. The summed E-state index contributed by atoms with van der Waals surface area (Å²) in [5.41, 5.74) is 0.607. The Morgan fingerprint density at radius 1 is 1.53 bits per heavy atom. The van der Waals surface area contributed by atoms with Crippen molar-refractivity contribution in [1.82, 2.24) is 15.2 Å². The SMILES string of the molecule is C=C(Cl)N=C1/C(=C\C)NC(=NCc2ncc(S(=O)(=O)CC)s2)C(=O)N1[C@@H](C)C1CC1. The number of aliphatic imine (C=N–C) groups is 2. The van der Waals surface area contributed by atoms with E-state index in [9.17, 15) is 13.2 Å². The Hall–Kier alpha value is -2.04. The third kappa shape index (κ3) is 4.81. The first kappa shape index (κ1) is 22.6. The summed E-state index contributed by atoms with van der Waals surface area (Å²) in [5.74, 6) is 0.683. The van der Waals surface area contributed by atoms with Gasteiger partial charge >= 0.3 is 0 Å². The highest BCUT2D eigenvalue weighted by molar-refractivity contribution is 7.93. The van der Waals surface area contributed by atoms with Gasteiger partial charge in [0.15, 0.2) is 21.5 Å². The van der Waals surface area contributed by atoms with Gasteiger partial charge in [0.05, 0.1) is 24.2 Å². The van der Waals surface area contributed by atoms with Crippen LogP contribution in [0, 0.1) is 5.92 Å². The van der Waals surface area contributed by atoms with Crippen LogP contribution in [0.3, 0.4) is 0 Å². The summed E-state index contributed by atoms with van der Waals surface area (Å²) >= 11 is 6.98. The first-order chi connectivity index (χ1) is 14.2. The maximum Gasteiger partial charge on any atom is 0.295 e. The Kier molecular flexibility index (Phi) is 6.78. The third-order valence-electron chi connectivity index (χ3n) is 4.96. The number of amidine groups is 2. The normalized spacial score (nSPS) is 22.6. The van der Waals surface area contributed by atoms with Crippen molar-refractivity contribution in [3.8, 4) is 0 Å². The van der Waals surface area contributed by atoms with Crippen molar-refractivity contribution in [3.05, 3.63) is 34.7 Å². The van der Waals surface area contributed by atoms with Gasteiger partial charge in [0.25, 0.3) is 5.91 Å². The fraction of sp³-hybridized carbons (Fsp3) is 0.474. The van der Waals surface area contributed by atoms with E-state index in [1.165, 1.54) is 6.20 Å². The van der Waals surface area contributed by atoms with Gasteiger partial charge in [-0.1, -0.05) is 31.2 Å². The van der Waals surface area contributed by atoms with Crippen LogP contribution in [0.15, 0.2) is 43.9 Å². The molecule has 0 aromatic carbocycles. The van der Waals surface area contributed by atoms with Crippen molar-refractivity contribution in [2.24, 2.45) is 15.9 Å². The number of thiazole rings is 1. The predicted molar refractivity (Wildman–Crippen MR) is 119 cm³/mol. The molecule has 1 aromatic rings. The highest BCUT2D eigenvalue weighted by Gasteiger charge is 2.42. The van der Waals surface area contributed by atoms with E-state index in [0.717, 1.165) is 24.2 Å². The lowest BCUT2D eigenvalue weighted by atomic mass is 10.1. The third-order valence-corrected chi connectivity index (χ3v) is 8.31.